The Morgan fingerprint density at radius 1 is 1.21 bits per heavy atom. The van der Waals surface area contributed by atoms with Gasteiger partial charge in [-0.1, -0.05) is 5.11 Å². The third kappa shape index (κ3) is 7.67. The molecule has 1 aliphatic rings. The fourth-order valence-electron chi connectivity index (χ4n) is 2.69. The van der Waals surface area contributed by atoms with E-state index >= 15 is 0 Å². The van der Waals surface area contributed by atoms with Gasteiger partial charge < -0.3 is 29.4 Å². The standard InChI is InChI=1S/C11H18N5O14P3/c1-6-3-15(11(19)16(10(6)18)5-13-14-12)9-2-7(17)8(28-9)4-27-32(23,24)30-33(25,26)29-31(20,21)22/h3,7-9,17H,2,4-5H2,1H3,(H,23,24)(H,25,26)(H2,20,21,22)/t7?,8-,9-/m1/s1. The second-order valence-corrected chi connectivity index (χ2v) is 10.8. The highest BCUT2D eigenvalue weighted by molar-refractivity contribution is 7.66. The van der Waals surface area contributed by atoms with E-state index < -0.39 is 66.4 Å². The minimum Gasteiger partial charge on any atom is -0.390 e. The Hall–Kier alpha value is -1.68. The number of ether oxygens (including phenoxy) is 1. The molecule has 1 aromatic rings. The third-order valence-corrected chi connectivity index (χ3v) is 7.77. The first-order chi connectivity index (χ1) is 15.1. The largest absolute Gasteiger partial charge is 0.490 e. The summed E-state index contributed by atoms with van der Waals surface area (Å²) >= 11 is 0. The van der Waals surface area contributed by atoms with Crippen molar-refractivity contribution in [3.05, 3.63) is 43.0 Å². The van der Waals surface area contributed by atoms with Crippen LogP contribution in [0.15, 0.2) is 20.9 Å². The average Bonchev–Trinajstić information content (AvgIpc) is 3.00. The summed E-state index contributed by atoms with van der Waals surface area (Å²) in [5, 5.41) is 13.3. The third-order valence-electron chi connectivity index (χ3n) is 3.97. The molecular formula is C11H18N5O14P3. The average molecular weight is 537 g/mol. The molecule has 0 spiro atoms. The molecule has 22 heteroatoms. The molecule has 186 valence electrons. The number of aliphatic hydroxyl groups is 1. The number of aryl methyl sites for hydroxylation is 1. The van der Waals surface area contributed by atoms with Crippen LogP contribution in [0.5, 0.6) is 0 Å². The highest BCUT2D eigenvalue weighted by atomic mass is 31.3. The van der Waals surface area contributed by atoms with Crippen molar-refractivity contribution in [3.8, 4) is 0 Å². The molecule has 1 aliphatic heterocycles. The Labute approximate surface area is 182 Å². The fraction of sp³-hybridized carbons (Fsp3) is 0.636. The Bertz CT molecular complexity index is 1200. The topological polar surface area (TPSA) is 282 Å². The molecule has 1 saturated heterocycles. The predicted octanol–water partition coefficient (Wildman–Crippen LogP) is -0.422. The summed E-state index contributed by atoms with van der Waals surface area (Å²) in [7, 11) is -16.7. The first-order valence-corrected chi connectivity index (χ1v) is 13.0. The zero-order chi connectivity index (χ0) is 25.2. The summed E-state index contributed by atoms with van der Waals surface area (Å²) in [5.74, 6) is 0. The maximum absolute atomic E-state index is 12.5. The van der Waals surface area contributed by atoms with Crippen molar-refractivity contribution in [2.45, 2.75) is 38.4 Å². The number of nitrogens with zero attached hydrogens (tertiary/aromatic N) is 5. The summed E-state index contributed by atoms with van der Waals surface area (Å²) < 4.78 is 52.2. The molecule has 19 nitrogen and oxygen atoms in total. The van der Waals surface area contributed by atoms with Gasteiger partial charge in [-0.3, -0.25) is 18.5 Å². The highest BCUT2D eigenvalue weighted by Gasteiger charge is 2.43. The monoisotopic (exact) mass is 537 g/mol. The maximum Gasteiger partial charge on any atom is 0.490 e. The SMILES string of the molecule is Cc1cn([C@H]2CC(O)[C@@H](COP(=O)(O)OP(=O)(O)OP(=O)(O)O)O2)c(=O)n(CN=[N+]=[N-])c1=O. The lowest BCUT2D eigenvalue weighted by atomic mass is 10.2. The van der Waals surface area contributed by atoms with Crippen LogP contribution in [-0.2, 0) is 38.2 Å². The Kier molecular flexibility index (Phi) is 8.60. The van der Waals surface area contributed by atoms with Gasteiger partial charge in [-0.25, -0.2) is 18.5 Å². The van der Waals surface area contributed by atoms with Crippen molar-refractivity contribution in [3.63, 3.8) is 0 Å². The van der Waals surface area contributed by atoms with Crippen molar-refractivity contribution in [1.82, 2.24) is 9.13 Å². The summed E-state index contributed by atoms with van der Waals surface area (Å²) in [4.78, 5) is 62.7. The van der Waals surface area contributed by atoms with E-state index in [1.807, 2.05) is 0 Å². The van der Waals surface area contributed by atoms with Gasteiger partial charge in [0.05, 0.1) is 12.7 Å². The van der Waals surface area contributed by atoms with Crippen LogP contribution >= 0.6 is 23.5 Å². The lowest BCUT2D eigenvalue weighted by Crippen LogP contribution is -2.41. The van der Waals surface area contributed by atoms with Crippen LogP contribution in [0.3, 0.4) is 0 Å². The molecule has 2 rings (SSSR count). The predicted molar refractivity (Wildman–Crippen MR) is 103 cm³/mol. The lowest BCUT2D eigenvalue weighted by molar-refractivity contribution is -0.0454. The Morgan fingerprint density at radius 2 is 1.85 bits per heavy atom. The first kappa shape index (κ1) is 27.6. The minimum absolute atomic E-state index is 0.0672. The van der Waals surface area contributed by atoms with E-state index in [1.54, 1.807) is 0 Å². The van der Waals surface area contributed by atoms with E-state index in [9.17, 15) is 33.3 Å². The fourth-order valence-corrected chi connectivity index (χ4v) is 5.72. The zero-order valence-electron chi connectivity index (χ0n) is 16.4. The van der Waals surface area contributed by atoms with Crippen molar-refractivity contribution in [2.24, 2.45) is 5.11 Å². The van der Waals surface area contributed by atoms with Gasteiger partial charge in [-0.05, 0) is 12.5 Å². The molecule has 0 aromatic carbocycles. The van der Waals surface area contributed by atoms with E-state index in [-0.39, 0.29) is 12.0 Å². The quantitative estimate of drug-likeness (QED) is 0.110. The van der Waals surface area contributed by atoms with Crippen LogP contribution in [0.4, 0.5) is 0 Å². The van der Waals surface area contributed by atoms with Crippen LogP contribution in [0.1, 0.15) is 18.2 Å². The Morgan fingerprint density at radius 3 is 2.42 bits per heavy atom. The molecule has 3 unspecified atom stereocenters. The number of hydrogen-bond donors (Lipinski definition) is 5. The van der Waals surface area contributed by atoms with Crippen LogP contribution < -0.4 is 11.2 Å². The van der Waals surface area contributed by atoms with Crippen LogP contribution in [0, 0.1) is 6.92 Å². The van der Waals surface area contributed by atoms with Crippen LogP contribution in [0.2, 0.25) is 0 Å². The molecule has 2 heterocycles. The number of aliphatic hydroxyl groups excluding tert-OH is 1. The molecular weight excluding hydrogens is 519 g/mol. The highest BCUT2D eigenvalue weighted by Crippen LogP contribution is 2.66. The minimum atomic E-state index is -5.72. The number of aromatic nitrogens is 2. The van der Waals surface area contributed by atoms with Crippen molar-refractivity contribution in [2.75, 3.05) is 6.61 Å². The molecule has 0 bridgehead atoms. The summed E-state index contributed by atoms with van der Waals surface area (Å²) in [5.41, 5.74) is 6.81. The summed E-state index contributed by atoms with van der Waals surface area (Å²) in [6, 6.07) is 0. The number of phosphoric acid groups is 3. The number of hydrogen-bond acceptors (Lipinski definition) is 11. The molecule has 0 aliphatic carbocycles. The molecule has 5 N–H and O–H groups in total. The van der Waals surface area contributed by atoms with E-state index in [0.29, 0.717) is 4.57 Å². The van der Waals surface area contributed by atoms with E-state index in [1.165, 1.54) is 6.92 Å². The van der Waals surface area contributed by atoms with E-state index in [4.69, 9.17) is 24.9 Å². The van der Waals surface area contributed by atoms with Gasteiger partial charge in [0.25, 0.3) is 5.56 Å². The van der Waals surface area contributed by atoms with Gasteiger partial charge in [0, 0.05) is 23.1 Å². The molecule has 0 saturated carbocycles. The van der Waals surface area contributed by atoms with Gasteiger partial charge in [0.15, 0.2) is 0 Å². The maximum atomic E-state index is 12.5. The Balaban J connectivity index is 2.14. The number of phosphoric ester groups is 1. The van der Waals surface area contributed by atoms with Crippen molar-refractivity contribution in [1.29, 1.82) is 0 Å². The molecule has 1 fully saturated rings. The summed E-state index contributed by atoms with van der Waals surface area (Å²) in [6.07, 6.45) is -3.11. The number of azide groups is 1. The van der Waals surface area contributed by atoms with E-state index in [0.717, 1.165) is 10.8 Å². The molecule has 5 atom stereocenters. The first-order valence-electron chi connectivity index (χ1n) is 8.50. The number of rotatable bonds is 10. The molecule has 1 aromatic heterocycles. The van der Waals surface area contributed by atoms with Crippen LogP contribution in [0.25, 0.3) is 10.4 Å². The van der Waals surface area contributed by atoms with E-state index in [2.05, 4.69) is 23.2 Å². The van der Waals surface area contributed by atoms with Crippen molar-refractivity contribution >= 4 is 23.5 Å². The van der Waals surface area contributed by atoms with Gasteiger partial charge in [0.2, 0.25) is 0 Å². The normalized spacial score (nSPS) is 24.6. The molecule has 0 amide bonds. The van der Waals surface area contributed by atoms with Gasteiger partial charge in [-0.2, -0.15) is 8.62 Å². The molecule has 0 radical (unpaired) electrons. The van der Waals surface area contributed by atoms with Crippen molar-refractivity contribution < 1.29 is 56.3 Å². The van der Waals surface area contributed by atoms with Gasteiger partial charge in [0.1, 0.15) is 19.0 Å². The molecule has 33 heavy (non-hydrogen) atoms. The second-order valence-electron chi connectivity index (χ2n) is 6.43. The smallest absolute Gasteiger partial charge is 0.390 e. The van der Waals surface area contributed by atoms with Crippen LogP contribution in [-0.4, -0.2) is 52.6 Å². The van der Waals surface area contributed by atoms with Gasteiger partial charge >= 0.3 is 29.2 Å². The second kappa shape index (κ2) is 10.3. The zero-order valence-corrected chi connectivity index (χ0v) is 19.1. The summed E-state index contributed by atoms with van der Waals surface area (Å²) in [6.45, 7) is -0.183. The van der Waals surface area contributed by atoms with Gasteiger partial charge in [-0.15, -0.1) is 0 Å². The lowest BCUT2D eigenvalue weighted by Gasteiger charge is -2.20.